The van der Waals surface area contributed by atoms with Crippen molar-refractivity contribution in [2.75, 3.05) is 32.0 Å². The van der Waals surface area contributed by atoms with Crippen LogP contribution < -0.4 is 5.32 Å². The number of hydrogen-bond donors (Lipinski definition) is 1. The van der Waals surface area contributed by atoms with E-state index in [0.717, 1.165) is 60.0 Å². The van der Waals surface area contributed by atoms with Gasteiger partial charge in [-0.25, -0.2) is 9.97 Å². The highest BCUT2D eigenvalue weighted by Crippen LogP contribution is 2.32. The maximum absolute atomic E-state index is 12.8. The molecular formula is C23H28F3N5O. The number of carbonyl (C=O) groups is 1. The molecule has 2 aliphatic rings. The number of fused-ring (bicyclic) bond motifs is 1. The highest BCUT2D eigenvalue weighted by Gasteiger charge is 2.31. The second-order valence-electron chi connectivity index (χ2n) is 8.56. The second kappa shape index (κ2) is 9.05. The van der Waals surface area contributed by atoms with Crippen LogP contribution in [0.1, 0.15) is 54.0 Å². The summed E-state index contributed by atoms with van der Waals surface area (Å²) in [6.07, 6.45) is -0.958. The van der Waals surface area contributed by atoms with Crippen molar-refractivity contribution in [3.8, 4) is 0 Å². The molecule has 1 amide bonds. The van der Waals surface area contributed by atoms with Gasteiger partial charge in [0.05, 0.1) is 23.8 Å². The number of hydrogen-bond acceptors (Lipinski definition) is 5. The Morgan fingerprint density at radius 3 is 2.56 bits per heavy atom. The molecule has 1 fully saturated rings. The highest BCUT2D eigenvalue weighted by atomic mass is 19.4. The average Bonchev–Trinajstić information content (AvgIpc) is 3.18. The van der Waals surface area contributed by atoms with Gasteiger partial charge in [-0.2, -0.15) is 13.2 Å². The minimum Gasteiger partial charge on any atom is -0.369 e. The molecule has 0 spiro atoms. The van der Waals surface area contributed by atoms with E-state index >= 15 is 0 Å². The summed E-state index contributed by atoms with van der Waals surface area (Å²) in [6, 6.07) is 5.43. The Bertz CT molecular complexity index is 977. The first-order valence-electron chi connectivity index (χ1n) is 11.0. The standard InChI is InChI=1S/C23H28F3N5O/c1-15(32)31-13-10-19-18(14-31)21(29-22(28-19)20-4-3-12-30(20)2)27-11-9-16-5-7-17(8-6-16)23(24,25)26/h5-8,20H,3-4,9-14H2,1-2H3,(H,27,28,29)/t20-/m0/s1. The smallest absolute Gasteiger partial charge is 0.369 e. The van der Waals surface area contributed by atoms with Gasteiger partial charge in [-0.3, -0.25) is 9.69 Å². The lowest BCUT2D eigenvalue weighted by Gasteiger charge is -2.30. The maximum Gasteiger partial charge on any atom is 0.416 e. The van der Waals surface area contributed by atoms with Crippen LogP contribution in [0.4, 0.5) is 19.0 Å². The zero-order valence-electron chi connectivity index (χ0n) is 18.4. The number of amides is 1. The average molecular weight is 448 g/mol. The van der Waals surface area contributed by atoms with Crippen LogP contribution in [0.15, 0.2) is 24.3 Å². The van der Waals surface area contributed by atoms with E-state index in [2.05, 4.69) is 17.3 Å². The molecule has 9 heteroatoms. The molecule has 0 unspecified atom stereocenters. The summed E-state index contributed by atoms with van der Waals surface area (Å²) < 4.78 is 38.3. The molecule has 0 saturated carbocycles. The zero-order valence-corrected chi connectivity index (χ0v) is 18.4. The molecule has 0 radical (unpaired) electrons. The summed E-state index contributed by atoms with van der Waals surface area (Å²) in [5, 5.41) is 3.37. The molecule has 1 saturated heterocycles. The van der Waals surface area contributed by atoms with Gasteiger partial charge in [-0.05, 0) is 50.6 Å². The molecule has 0 bridgehead atoms. The van der Waals surface area contributed by atoms with Crippen molar-refractivity contribution in [2.45, 2.75) is 51.4 Å². The van der Waals surface area contributed by atoms with E-state index in [1.807, 2.05) is 0 Å². The first-order valence-corrected chi connectivity index (χ1v) is 11.0. The lowest BCUT2D eigenvalue weighted by atomic mass is 10.0. The number of carbonyl (C=O) groups excluding carboxylic acids is 1. The Labute approximate surface area is 185 Å². The predicted octanol–water partition coefficient (Wildman–Crippen LogP) is 3.82. The fourth-order valence-electron chi connectivity index (χ4n) is 4.42. The predicted molar refractivity (Wildman–Crippen MR) is 115 cm³/mol. The Hall–Kier alpha value is -2.68. The zero-order chi connectivity index (χ0) is 22.9. The normalized spacial score (nSPS) is 19.2. The number of aromatic nitrogens is 2. The van der Waals surface area contributed by atoms with Gasteiger partial charge < -0.3 is 10.2 Å². The number of anilines is 1. The Kier molecular flexibility index (Phi) is 6.37. The third kappa shape index (κ3) is 4.87. The van der Waals surface area contributed by atoms with Gasteiger partial charge >= 0.3 is 6.18 Å². The van der Waals surface area contributed by atoms with Gasteiger partial charge in [0.2, 0.25) is 5.91 Å². The van der Waals surface area contributed by atoms with Gasteiger partial charge in [-0.1, -0.05) is 12.1 Å². The number of alkyl halides is 3. The number of benzene rings is 1. The lowest BCUT2D eigenvalue weighted by Crippen LogP contribution is -2.36. The van der Waals surface area contributed by atoms with E-state index in [9.17, 15) is 18.0 Å². The van der Waals surface area contributed by atoms with Crippen LogP contribution in [0.25, 0.3) is 0 Å². The van der Waals surface area contributed by atoms with E-state index in [4.69, 9.17) is 9.97 Å². The minimum atomic E-state index is -4.33. The Balaban J connectivity index is 1.52. The molecule has 1 aromatic heterocycles. The monoisotopic (exact) mass is 447 g/mol. The second-order valence-corrected chi connectivity index (χ2v) is 8.56. The van der Waals surface area contributed by atoms with Gasteiger partial charge in [0, 0.05) is 32.0 Å². The highest BCUT2D eigenvalue weighted by molar-refractivity contribution is 5.74. The van der Waals surface area contributed by atoms with Crippen molar-refractivity contribution in [3.05, 3.63) is 52.5 Å². The molecule has 2 aliphatic heterocycles. The number of nitrogens with one attached hydrogen (secondary N) is 1. The molecule has 1 aromatic carbocycles. The fraction of sp³-hybridized carbons (Fsp3) is 0.522. The van der Waals surface area contributed by atoms with E-state index in [-0.39, 0.29) is 11.9 Å². The number of likely N-dealkylation sites (tertiary alicyclic amines) is 1. The molecule has 172 valence electrons. The molecule has 4 rings (SSSR count). The first kappa shape index (κ1) is 22.5. The fourth-order valence-corrected chi connectivity index (χ4v) is 4.42. The SMILES string of the molecule is CC(=O)N1CCc2nc([C@@H]3CCCN3C)nc(NCCc3ccc(C(F)(F)F)cc3)c2C1. The summed E-state index contributed by atoms with van der Waals surface area (Å²) >= 11 is 0. The maximum atomic E-state index is 12.8. The summed E-state index contributed by atoms with van der Waals surface area (Å²) in [7, 11) is 2.08. The summed E-state index contributed by atoms with van der Waals surface area (Å²) in [5.41, 5.74) is 2.08. The summed E-state index contributed by atoms with van der Waals surface area (Å²) in [5.74, 6) is 1.55. The number of rotatable bonds is 5. The third-order valence-corrected chi connectivity index (χ3v) is 6.33. The minimum absolute atomic E-state index is 0.0194. The van der Waals surface area contributed by atoms with E-state index in [0.29, 0.717) is 32.5 Å². The van der Waals surface area contributed by atoms with Crippen molar-refractivity contribution >= 4 is 11.7 Å². The van der Waals surface area contributed by atoms with Crippen molar-refractivity contribution in [2.24, 2.45) is 0 Å². The van der Waals surface area contributed by atoms with Gasteiger partial charge in [0.1, 0.15) is 11.6 Å². The molecule has 6 nitrogen and oxygen atoms in total. The van der Waals surface area contributed by atoms with Gasteiger partial charge in [0.25, 0.3) is 0 Å². The van der Waals surface area contributed by atoms with E-state index < -0.39 is 11.7 Å². The molecule has 32 heavy (non-hydrogen) atoms. The quantitative estimate of drug-likeness (QED) is 0.755. The van der Waals surface area contributed by atoms with Crippen LogP contribution in [-0.4, -0.2) is 52.4 Å². The largest absolute Gasteiger partial charge is 0.416 e. The van der Waals surface area contributed by atoms with Crippen molar-refractivity contribution < 1.29 is 18.0 Å². The topological polar surface area (TPSA) is 61.4 Å². The van der Waals surface area contributed by atoms with E-state index in [1.54, 1.807) is 11.8 Å². The van der Waals surface area contributed by atoms with Crippen molar-refractivity contribution in [1.82, 2.24) is 19.8 Å². The summed E-state index contributed by atoms with van der Waals surface area (Å²) in [4.78, 5) is 25.7. The Morgan fingerprint density at radius 2 is 1.94 bits per heavy atom. The first-order chi connectivity index (χ1) is 15.2. The number of nitrogens with zero attached hydrogens (tertiary/aromatic N) is 4. The molecule has 0 aliphatic carbocycles. The van der Waals surface area contributed by atoms with Crippen molar-refractivity contribution in [3.63, 3.8) is 0 Å². The van der Waals surface area contributed by atoms with Crippen LogP contribution in [0.2, 0.25) is 0 Å². The van der Waals surface area contributed by atoms with Gasteiger partial charge in [0.15, 0.2) is 0 Å². The molecule has 2 aromatic rings. The molecule has 1 atom stereocenters. The lowest BCUT2D eigenvalue weighted by molar-refractivity contribution is -0.137. The third-order valence-electron chi connectivity index (χ3n) is 6.33. The van der Waals surface area contributed by atoms with Crippen LogP contribution in [0.3, 0.4) is 0 Å². The summed E-state index contributed by atoms with van der Waals surface area (Å²) in [6.45, 7) is 4.21. The van der Waals surface area contributed by atoms with Crippen LogP contribution >= 0.6 is 0 Å². The van der Waals surface area contributed by atoms with Gasteiger partial charge in [-0.15, -0.1) is 0 Å². The van der Waals surface area contributed by atoms with Crippen molar-refractivity contribution in [1.29, 1.82) is 0 Å². The Morgan fingerprint density at radius 1 is 1.19 bits per heavy atom. The van der Waals surface area contributed by atoms with Crippen LogP contribution in [0.5, 0.6) is 0 Å². The number of halogens is 3. The molecule has 3 heterocycles. The molecular weight excluding hydrogens is 419 g/mol. The van der Waals surface area contributed by atoms with E-state index in [1.165, 1.54) is 12.1 Å². The van der Waals surface area contributed by atoms with Crippen LogP contribution in [-0.2, 0) is 30.4 Å². The molecule has 1 N–H and O–H groups in total. The van der Waals surface area contributed by atoms with Crippen LogP contribution in [0, 0.1) is 0 Å².